The van der Waals surface area contributed by atoms with Gasteiger partial charge in [0.15, 0.2) is 0 Å². The standard InChI is InChI=1S/C17H15F2NOS/c1-10-3-5-12(7-14(10)19)17-20(16(21)9-22-17)15-8-13(18)6-4-11(15)2/h3-8,17H,9H2,1-2H3. The predicted molar refractivity (Wildman–Crippen MR) is 85.0 cm³/mol. The van der Waals surface area contributed by atoms with Gasteiger partial charge in [-0.2, -0.15) is 0 Å². The molecule has 0 bridgehead atoms. The van der Waals surface area contributed by atoms with Gasteiger partial charge in [0.2, 0.25) is 5.91 Å². The van der Waals surface area contributed by atoms with Gasteiger partial charge in [-0.25, -0.2) is 8.78 Å². The third-order valence-corrected chi connectivity index (χ3v) is 4.99. The Morgan fingerprint density at radius 3 is 2.55 bits per heavy atom. The van der Waals surface area contributed by atoms with Gasteiger partial charge >= 0.3 is 0 Å². The second kappa shape index (κ2) is 5.72. The van der Waals surface area contributed by atoms with Gasteiger partial charge in [-0.3, -0.25) is 9.69 Å². The van der Waals surface area contributed by atoms with Crippen LogP contribution in [0.4, 0.5) is 14.5 Å². The summed E-state index contributed by atoms with van der Waals surface area (Å²) in [6.07, 6.45) is 0. The average Bonchev–Trinajstić information content (AvgIpc) is 2.86. The lowest BCUT2D eigenvalue weighted by molar-refractivity contribution is -0.115. The first-order valence-electron chi connectivity index (χ1n) is 6.93. The van der Waals surface area contributed by atoms with Gasteiger partial charge in [0.05, 0.1) is 11.4 Å². The molecule has 0 aliphatic carbocycles. The molecule has 1 saturated heterocycles. The van der Waals surface area contributed by atoms with Gasteiger partial charge < -0.3 is 0 Å². The van der Waals surface area contributed by atoms with E-state index in [9.17, 15) is 13.6 Å². The van der Waals surface area contributed by atoms with Crippen LogP contribution in [0, 0.1) is 25.5 Å². The maximum atomic E-state index is 13.8. The fraction of sp³-hybridized carbons (Fsp3) is 0.235. The molecular formula is C17H15F2NOS. The van der Waals surface area contributed by atoms with E-state index < -0.39 is 0 Å². The van der Waals surface area contributed by atoms with E-state index >= 15 is 0 Å². The fourth-order valence-corrected chi connectivity index (χ4v) is 3.69. The highest BCUT2D eigenvalue weighted by Crippen LogP contribution is 2.43. The van der Waals surface area contributed by atoms with Gasteiger partial charge in [-0.1, -0.05) is 18.2 Å². The summed E-state index contributed by atoms with van der Waals surface area (Å²) in [5.74, 6) is -0.479. The summed E-state index contributed by atoms with van der Waals surface area (Å²) < 4.78 is 27.4. The van der Waals surface area contributed by atoms with Gasteiger partial charge in [-0.05, 0) is 48.7 Å². The summed E-state index contributed by atoms with van der Waals surface area (Å²) in [4.78, 5) is 13.8. The van der Waals surface area contributed by atoms with Crippen LogP contribution in [0.25, 0.3) is 0 Å². The van der Waals surface area contributed by atoms with Crippen LogP contribution in [0.2, 0.25) is 0 Å². The summed E-state index contributed by atoms with van der Waals surface area (Å²) >= 11 is 1.42. The average molecular weight is 319 g/mol. The number of halogens is 2. The van der Waals surface area contributed by atoms with Crippen molar-refractivity contribution in [3.05, 3.63) is 64.7 Å². The van der Waals surface area contributed by atoms with E-state index in [1.165, 1.54) is 30.0 Å². The molecule has 0 radical (unpaired) electrons. The molecule has 0 aromatic heterocycles. The third-order valence-electron chi connectivity index (χ3n) is 3.78. The lowest BCUT2D eigenvalue weighted by Gasteiger charge is -2.26. The molecule has 2 nitrogen and oxygen atoms in total. The van der Waals surface area contributed by atoms with Crippen LogP contribution < -0.4 is 4.90 Å². The van der Waals surface area contributed by atoms with Crippen molar-refractivity contribution in [1.82, 2.24) is 0 Å². The Kier molecular flexibility index (Phi) is 3.91. The maximum absolute atomic E-state index is 13.8. The zero-order valence-electron chi connectivity index (χ0n) is 12.3. The van der Waals surface area contributed by atoms with Crippen molar-refractivity contribution in [2.45, 2.75) is 19.2 Å². The van der Waals surface area contributed by atoms with Crippen molar-refractivity contribution in [3.63, 3.8) is 0 Å². The molecular weight excluding hydrogens is 304 g/mol. The molecule has 0 spiro atoms. The van der Waals surface area contributed by atoms with Crippen LogP contribution in [0.1, 0.15) is 22.1 Å². The molecule has 3 rings (SSSR count). The van der Waals surface area contributed by atoms with E-state index in [2.05, 4.69) is 0 Å². The second-order valence-electron chi connectivity index (χ2n) is 5.37. The quantitative estimate of drug-likeness (QED) is 0.820. The number of hydrogen-bond acceptors (Lipinski definition) is 2. The number of hydrogen-bond donors (Lipinski definition) is 0. The summed E-state index contributed by atoms with van der Waals surface area (Å²) in [7, 11) is 0. The van der Waals surface area contributed by atoms with Crippen molar-refractivity contribution in [1.29, 1.82) is 0 Å². The molecule has 1 amide bonds. The molecule has 22 heavy (non-hydrogen) atoms. The number of rotatable bonds is 2. The Morgan fingerprint density at radius 2 is 1.82 bits per heavy atom. The number of amides is 1. The topological polar surface area (TPSA) is 20.3 Å². The van der Waals surface area contributed by atoms with Crippen molar-refractivity contribution >= 4 is 23.4 Å². The normalized spacial score (nSPS) is 18.1. The van der Waals surface area contributed by atoms with E-state index in [4.69, 9.17) is 0 Å². The molecule has 2 aromatic carbocycles. The molecule has 1 heterocycles. The number of nitrogens with zero attached hydrogens (tertiary/aromatic N) is 1. The molecule has 0 saturated carbocycles. The van der Waals surface area contributed by atoms with E-state index in [-0.39, 0.29) is 22.9 Å². The molecule has 1 fully saturated rings. The highest BCUT2D eigenvalue weighted by Gasteiger charge is 2.35. The first-order valence-corrected chi connectivity index (χ1v) is 7.98. The summed E-state index contributed by atoms with van der Waals surface area (Å²) in [6, 6.07) is 9.34. The maximum Gasteiger partial charge on any atom is 0.238 e. The van der Waals surface area contributed by atoms with Gasteiger partial charge in [0.1, 0.15) is 17.0 Å². The van der Waals surface area contributed by atoms with E-state index in [1.807, 2.05) is 13.0 Å². The van der Waals surface area contributed by atoms with Crippen LogP contribution in [0.5, 0.6) is 0 Å². The number of anilines is 1. The molecule has 0 N–H and O–H groups in total. The third kappa shape index (κ3) is 2.61. The Bertz CT molecular complexity index is 747. The molecule has 1 aliphatic heterocycles. The molecule has 1 atom stereocenters. The highest BCUT2D eigenvalue weighted by molar-refractivity contribution is 8.00. The minimum absolute atomic E-state index is 0.0929. The van der Waals surface area contributed by atoms with Crippen LogP contribution in [0.15, 0.2) is 36.4 Å². The lowest BCUT2D eigenvalue weighted by atomic mass is 10.1. The number of benzene rings is 2. The van der Waals surface area contributed by atoms with Gasteiger partial charge in [0, 0.05) is 0 Å². The smallest absolute Gasteiger partial charge is 0.238 e. The van der Waals surface area contributed by atoms with E-state index in [0.717, 1.165) is 5.56 Å². The van der Waals surface area contributed by atoms with E-state index in [1.54, 1.807) is 24.0 Å². The van der Waals surface area contributed by atoms with Crippen LogP contribution in [0.3, 0.4) is 0 Å². The number of aryl methyl sites for hydroxylation is 2. The van der Waals surface area contributed by atoms with Gasteiger partial charge in [0.25, 0.3) is 0 Å². The lowest BCUT2D eigenvalue weighted by Crippen LogP contribution is -2.28. The second-order valence-corrected chi connectivity index (χ2v) is 6.44. The predicted octanol–water partition coefficient (Wildman–Crippen LogP) is 4.36. The van der Waals surface area contributed by atoms with Crippen LogP contribution >= 0.6 is 11.8 Å². The van der Waals surface area contributed by atoms with Crippen LogP contribution in [-0.4, -0.2) is 11.7 Å². The minimum atomic E-state index is -0.390. The molecule has 1 unspecified atom stereocenters. The molecule has 2 aromatic rings. The Labute approximate surface area is 132 Å². The van der Waals surface area contributed by atoms with Crippen molar-refractivity contribution < 1.29 is 13.6 Å². The Morgan fingerprint density at radius 1 is 1.09 bits per heavy atom. The summed E-state index contributed by atoms with van der Waals surface area (Å²) in [5, 5.41) is -0.330. The number of thioether (sulfide) groups is 1. The highest BCUT2D eigenvalue weighted by atomic mass is 32.2. The first kappa shape index (κ1) is 15.0. The molecule has 114 valence electrons. The van der Waals surface area contributed by atoms with Crippen molar-refractivity contribution in [3.8, 4) is 0 Å². The SMILES string of the molecule is Cc1ccc(C2SCC(=O)N2c2cc(F)ccc2C)cc1F. The number of carbonyl (C=O) groups excluding carboxylic acids is 1. The van der Waals surface area contributed by atoms with E-state index in [0.29, 0.717) is 22.6 Å². The minimum Gasteiger partial charge on any atom is -0.295 e. The zero-order valence-corrected chi connectivity index (χ0v) is 13.1. The summed E-state index contributed by atoms with van der Waals surface area (Å²) in [5.41, 5.74) is 2.63. The Balaban J connectivity index is 2.05. The number of carbonyl (C=O) groups is 1. The van der Waals surface area contributed by atoms with Crippen LogP contribution in [-0.2, 0) is 4.79 Å². The fourth-order valence-electron chi connectivity index (χ4n) is 2.54. The Hall–Kier alpha value is -1.88. The van der Waals surface area contributed by atoms with Gasteiger partial charge in [-0.15, -0.1) is 11.8 Å². The molecule has 1 aliphatic rings. The monoisotopic (exact) mass is 319 g/mol. The van der Waals surface area contributed by atoms with Crippen molar-refractivity contribution in [2.75, 3.05) is 10.7 Å². The zero-order chi connectivity index (χ0) is 15.9. The summed E-state index contributed by atoms with van der Waals surface area (Å²) in [6.45, 7) is 3.53. The van der Waals surface area contributed by atoms with Crippen molar-refractivity contribution in [2.24, 2.45) is 0 Å². The molecule has 5 heteroatoms. The first-order chi connectivity index (χ1) is 10.5. The largest absolute Gasteiger partial charge is 0.295 e.